The highest BCUT2D eigenvalue weighted by molar-refractivity contribution is 6.30. The van der Waals surface area contributed by atoms with Crippen LogP contribution in [0.15, 0.2) is 42.5 Å². The lowest BCUT2D eigenvalue weighted by atomic mass is 9.68. The van der Waals surface area contributed by atoms with Crippen molar-refractivity contribution in [2.24, 2.45) is 17.8 Å². The maximum absolute atomic E-state index is 11.2. The second-order valence-corrected chi connectivity index (χ2v) is 8.08. The van der Waals surface area contributed by atoms with Crippen molar-refractivity contribution in [3.63, 3.8) is 0 Å². The molecule has 2 bridgehead atoms. The molecular weight excluding hydrogens is 336 g/mol. The molecule has 0 spiro atoms. The predicted octanol–water partition coefficient (Wildman–Crippen LogP) is 5.54. The summed E-state index contributed by atoms with van der Waals surface area (Å²) in [5.41, 5.74) is 3.61. The van der Waals surface area contributed by atoms with Crippen molar-refractivity contribution in [2.45, 2.75) is 31.2 Å². The summed E-state index contributed by atoms with van der Waals surface area (Å²) < 4.78 is 0. The Morgan fingerprint density at radius 3 is 2.76 bits per heavy atom. The van der Waals surface area contributed by atoms with Crippen LogP contribution in [0.2, 0.25) is 5.02 Å². The van der Waals surface area contributed by atoms with Crippen molar-refractivity contribution in [3.8, 4) is 0 Å². The van der Waals surface area contributed by atoms with E-state index in [1.165, 1.54) is 24.8 Å². The minimum Gasteiger partial charge on any atom is -0.378 e. The molecule has 0 saturated heterocycles. The summed E-state index contributed by atoms with van der Waals surface area (Å²) >= 11 is 6.24. The van der Waals surface area contributed by atoms with Gasteiger partial charge in [0.05, 0.1) is 11.0 Å². The molecule has 1 heterocycles. The van der Waals surface area contributed by atoms with Crippen LogP contribution in [-0.4, -0.2) is 4.92 Å². The Morgan fingerprint density at radius 1 is 1.12 bits per heavy atom. The molecule has 2 aliphatic carbocycles. The summed E-state index contributed by atoms with van der Waals surface area (Å²) in [5.74, 6) is 2.25. The van der Waals surface area contributed by atoms with Gasteiger partial charge in [0.25, 0.3) is 5.69 Å². The summed E-state index contributed by atoms with van der Waals surface area (Å²) in [4.78, 5) is 10.9. The van der Waals surface area contributed by atoms with Gasteiger partial charge in [0.15, 0.2) is 0 Å². The number of nitrogens with zero attached hydrogens (tertiary/aromatic N) is 1. The third-order valence-corrected chi connectivity index (χ3v) is 6.72. The van der Waals surface area contributed by atoms with E-state index >= 15 is 0 Å². The highest BCUT2D eigenvalue weighted by Gasteiger charge is 2.54. The minimum atomic E-state index is -0.286. The molecule has 5 atom stereocenters. The number of nitrogens with one attached hydrogen (secondary N) is 1. The molecule has 5 heteroatoms. The van der Waals surface area contributed by atoms with E-state index in [1.807, 2.05) is 18.2 Å². The Bertz CT molecular complexity index is 869. The molecule has 2 aromatic carbocycles. The summed E-state index contributed by atoms with van der Waals surface area (Å²) in [6.07, 6.45) is 3.77. The quantitative estimate of drug-likeness (QED) is 0.568. The number of hydrogen-bond acceptors (Lipinski definition) is 3. The molecule has 2 aromatic rings. The lowest BCUT2D eigenvalue weighted by Gasteiger charge is -2.43. The molecule has 0 radical (unpaired) electrons. The Hall–Kier alpha value is -2.07. The minimum absolute atomic E-state index is 0.197. The molecule has 0 amide bonds. The monoisotopic (exact) mass is 354 g/mol. The van der Waals surface area contributed by atoms with E-state index < -0.39 is 0 Å². The van der Waals surface area contributed by atoms with E-state index in [0.29, 0.717) is 23.7 Å². The zero-order valence-electron chi connectivity index (χ0n) is 13.7. The zero-order chi connectivity index (χ0) is 17.1. The Labute approximate surface area is 151 Å². The largest absolute Gasteiger partial charge is 0.378 e. The number of non-ortho nitro benzene ring substituents is 1. The van der Waals surface area contributed by atoms with Gasteiger partial charge in [0.1, 0.15) is 0 Å². The fourth-order valence-electron chi connectivity index (χ4n) is 5.62. The van der Waals surface area contributed by atoms with Gasteiger partial charge in [-0.1, -0.05) is 23.7 Å². The van der Waals surface area contributed by atoms with Crippen LogP contribution < -0.4 is 5.32 Å². The van der Waals surface area contributed by atoms with Gasteiger partial charge >= 0.3 is 0 Å². The Balaban J connectivity index is 1.64. The second kappa shape index (κ2) is 5.46. The summed E-state index contributed by atoms with van der Waals surface area (Å²) in [7, 11) is 0. The van der Waals surface area contributed by atoms with Crippen LogP contribution >= 0.6 is 11.6 Å². The van der Waals surface area contributed by atoms with E-state index in [4.69, 9.17) is 11.6 Å². The highest BCUT2D eigenvalue weighted by atomic mass is 35.5. The van der Waals surface area contributed by atoms with Crippen molar-refractivity contribution in [2.75, 3.05) is 5.32 Å². The standard InChI is InChI=1S/C20H19ClN2O2/c21-14-3-1-2-13(9-14)20-19-12-5-4-11(8-12)18(19)16-10-15(23(24)25)6-7-17(16)22-20/h1-3,6-7,9-12,18-20,22H,4-5,8H2. The lowest BCUT2D eigenvalue weighted by Crippen LogP contribution is -2.35. The van der Waals surface area contributed by atoms with Gasteiger partial charge in [-0.15, -0.1) is 0 Å². The van der Waals surface area contributed by atoms with E-state index in [0.717, 1.165) is 16.3 Å². The van der Waals surface area contributed by atoms with Crippen LogP contribution in [0.1, 0.15) is 42.3 Å². The zero-order valence-corrected chi connectivity index (χ0v) is 14.4. The van der Waals surface area contributed by atoms with Crippen molar-refractivity contribution in [3.05, 3.63) is 68.7 Å². The highest BCUT2D eigenvalue weighted by Crippen LogP contribution is 2.63. The average molecular weight is 355 g/mol. The molecule has 25 heavy (non-hydrogen) atoms. The molecule has 2 saturated carbocycles. The first-order valence-corrected chi connectivity index (χ1v) is 9.30. The van der Waals surface area contributed by atoms with Crippen molar-refractivity contribution in [1.29, 1.82) is 0 Å². The van der Waals surface area contributed by atoms with Gasteiger partial charge in [-0.25, -0.2) is 0 Å². The number of rotatable bonds is 2. The van der Waals surface area contributed by atoms with E-state index in [2.05, 4.69) is 17.4 Å². The maximum atomic E-state index is 11.2. The topological polar surface area (TPSA) is 55.2 Å². The van der Waals surface area contributed by atoms with Crippen LogP contribution in [0.5, 0.6) is 0 Å². The van der Waals surface area contributed by atoms with Crippen molar-refractivity contribution >= 4 is 23.0 Å². The number of fused-ring (bicyclic) bond motifs is 7. The van der Waals surface area contributed by atoms with Crippen LogP contribution in [0.4, 0.5) is 11.4 Å². The van der Waals surface area contributed by atoms with Crippen LogP contribution in [0.3, 0.4) is 0 Å². The summed E-state index contributed by atoms with van der Waals surface area (Å²) in [5, 5.41) is 15.7. The predicted molar refractivity (Wildman–Crippen MR) is 98.0 cm³/mol. The van der Waals surface area contributed by atoms with E-state index in [1.54, 1.807) is 12.1 Å². The van der Waals surface area contributed by atoms with Crippen molar-refractivity contribution < 1.29 is 4.92 Å². The maximum Gasteiger partial charge on any atom is 0.269 e. The summed E-state index contributed by atoms with van der Waals surface area (Å²) in [6.45, 7) is 0. The lowest BCUT2D eigenvalue weighted by molar-refractivity contribution is -0.384. The first kappa shape index (κ1) is 15.2. The first-order chi connectivity index (χ1) is 12.1. The fourth-order valence-corrected chi connectivity index (χ4v) is 5.82. The Kier molecular flexibility index (Phi) is 3.32. The molecule has 5 rings (SSSR count). The van der Waals surface area contributed by atoms with Crippen LogP contribution in [0.25, 0.3) is 0 Å². The van der Waals surface area contributed by atoms with Crippen molar-refractivity contribution in [1.82, 2.24) is 0 Å². The molecule has 1 aliphatic heterocycles. The molecule has 5 unspecified atom stereocenters. The molecule has 1 N–H and O–H groups in total. The number of nitro benzene ring substituents is 1. The number of nitro groups is 1. The van der Waals surface area contributed by atoms with Gasteiger partial charge in [-0.05, 0) is 72.3 Å². The molecular formula is C20H19ClN2O2. The number of anilines is 1. The molecule has 128 valence electrons. The van der Waals surface area contributed by atoms with Gasteiger partial charge in [0.2, 0.25) is 0 Å². The third kappa shape index (κ3) is 2.27. The number of halogens is 1. The van der Waals surface area contributed by atoms with Gasteiger partial charge in [-0.3, -0.25) is 10.1 Å². The SMILES string of the molecule is O=[N+]([O-])c1ccc2c(c1)C1C3CCC(C3)C1C(c1cccc(Cl)c1)N2. The molecule has 4 nitrogen and oxygen atoms in total. The smallest absolute Gasteiger partial charge is 0.269 e. The normalized spacial score (nSPS) is 32.0. The fraction of sp³-hybridized carbons (Fsp3) is 0.400. The number of benzene rings is 2. The van der Waals surface area contributed by atoms with Gasteiger partial charge < -0.3 is 5.32 Å². The van der Waals surface area contributed by atoms with Gasteiger partial charge in [-0.2, -0.15) is 0 Å². The first-order valence-electron chi connectivity index (χ1n) is 8.92. The average Bonchev–Trinajstić information content (AvgIpc) is 3.22. The van der Waals surface area contributed by atoms with Crippen LogP contribution in [0, 0.1) is 27.9 Å². The summed E-state index contributed by atoms with van der Waals surface area (Å²) in [6, 6.07) is 13.6. The molecule has 3 aliphatic rings. The Morgan fingerprint density at radius 2 is 1.96 bits per heavy atom. The van der Waals surface area contributed by atoms with E-state index in [9.17, 15) is 10.1 Å². The van der Waals surface area contributed by atoms with Gasteiger partial charge in [0, 0.05) is 22.8 Å². The third-order valence-electron chi connectivity index (χ3n) is 6.49. The molecule has 0 aromatic heterocycles. The molecule has 2 fully saturated rings. The second-order valence-electron chi connectivity index (χ2n) is 7.64. The number of hydrogen-bond donors (Lipinski definition) is 1. The van der Waals surface area contributed by atoms with Crippen LogP contribution in [-0.2, 0) is 0 Å². The van der Waals surface area contributed by atoms with E-state index in [-0.39, 0.29) is 16.7 Å².